The topological polar surface area (TPSA) is 104 Å². The van der Waals surface area contributed by atoms with Gasteiger partial charge in [0.05, 0.1) is 6.10 Å². The molecule has 12 heavy (non-hydrogen) atoms. The molecule has 1 aliphatic heterocycles. The van der Waals surface area contributed by atoms with Crippen LogP contribution in [0.5, 0.6) is 0 Å². The lowest BCUT2D eigenvalue weighted by molar-refractivity contribution is -0.141. The van der Waals surface area contributed by atoms with Crippen molar-refractivity contribution in [3.8, 4) is 0 Å². The molecule has 6 heteroatoms. The minimum absolute atomic E-state index is 0.00625. The Hall–Kier alpha value is -1.30. The van der Waals surface area contributed by atoms with Crippen LogP contribution in [0.4, 0.5) is 4.79 Å². The number of nitrogens with zero attached hydrogens (tertiary/aromatic N) is 1. The highest BCUT2D eigenvalue weighted by atomic mass is 16.4. The average molecular weight is 174 g/mol. The maximum absolute atomic E-state index is 10.6. The molecule has 0 bridgehead atoms. The van der Waals surface area contributed by atoms with Gasteiger partial charge in [0.15, 0.2) is 0 Å². The lowest BCUT2D eigenvalue weighted by Gasteiger charge is -2.17. The second-order valence-electron chi connectivity index (χ2n) is 2.73. The van der Waals surface area contributed by atoms with Crippen LogP contribution in [-0.4, -0.2) is 45.8 Å². The van der Waals surface area contributed by atoms with Crippen LogP contribution in [-0.2, 0) is 4.79 Å². The molecule has 0 unspecified atom stereocenters. The molecule has 68 valence electrons. The van der Waals surface area contributed by atoms with E-state index in [9.17, 15) is 9.59 Å². The highest BCUT2D eigenvalue weighted by Gasteiger charge is 2.37. The van der Waals surface area contributed by atoms with Crippen molar-refractivity contribution < 1.29 is 19.8 Å². The van der Waals surface area contributed by atoms with Crippen molar-refractivity contribution in [2.24, 2.45) is 5.73 Å². The molecule has 1 aliphatic rings. The number of urea groups is 1. The number of rotatable bonds is 1. The van der Waals surface area contributed by atoms with E-state index < -0.39 is 24.1 Å². The number of nitrogens with two attached hydrogens (primary N) is 1. The molecule has 0 spiro atoms. The van der Waals surface area contributed by atoms with Crippen LogP contribution in [0, 0.1) is 0 Å². The Morgan fingerprint density at radius 2 is 2.08 bits per heavy atom. The Morgan fingerprint density at radius 1 is 1.50 bits per heavy atom. The molecule has 0 saturated carbocycles. The molecule has 1 heterocycles. The van der Waals surface area contributed by atoms with Crippen molar-refractivity contribution in [1.82, 2.24) is 4.90 Å². The molecule has 1 fully saturated rings. The van der Waals surface area contributed by atoms with Gasteiger partial charge in [-0.15, -0.1) is 0 Å². The fourth-order valence-corrected chi connectivity index (χ4v) is 1.29. The standard InChI is InChI=1S/C6H10N2O4/c7-6(12)8-2-3(9)1-4(8)5(10)11/h3-4,9H,1-2H2,(H2,7,12)(H,10,11)/t3-,4-/m1/s1. The maximum atomic E-state index is 10.6. The fraction of sp³-hybridized carbons (Fsp3) is 0.667. The molecule has 0 radical (unpaired) electrons. The zero-order chi connectivity index (χ0) is 9.30. The molecule has 0 aromatic heterocycles. The highest BCUT2D eigenvalue weighted by Crippen LogP contribution is 2.17. The summed E-state index contributed by atoms with van der Waals surface area (Å²) in [6, 6.07) is -1.78. The van der Waals surface area contributed by atoms with Crippen molar-refractivity contribution in [2.45, 2.75) is 18.6 Å². The number of carbonyl (C=O) groups excluding carboxylic acids is 1. The number of carboxylic acid groups (broad SMARTS) is 1. The third-order valence-electron chi connectivity index (χ3n) is 1.85. The molecule has 1 rings (SSSR count). The lowest BCUT2D eigenvalue weighted by Crippen LogP contribution is -2.43. The van der Waals surface area contributed by atoms with Crippen LogP contribution in [0.2, 0.25) is 0 Å². The molecule has 0 aliphatic carbocycles. The van der Waals surface area contributed by atoms with Gasteiger partial charge in [-0.2, -0.15) is 0 Å². The summed E-state index contributed by atoms with van der Waals surface area (Å²) < 4.78 is 0. The third kappa shape index (κ3) is 1.48. The summed E-state index contributed by atoms with van der Waals surface area (Å²) in [5.74, 6) is -1.13. The van der Waals surface area contributed by atoms with E-state index in [1.807, 2.05) is 0 Å². The summed E-state index contributed by atoms with van der Waals surface area (Å²) in [5.41, 5.74) is 4.90. The molecular weight excluding hydrogens is 164 g/mol. The van der Waals surface area contributed by atoms with Gasteiger partial charge in [-0.05, 0) is 0 Å². The van der Waals surface area contributed by atoms with E-state index in [2.05, 4.69) is 0 Å². The van der Waals surface area contributed by atoms with E-state index in [0.29, 0.717) is 0 Å². The summed E-state index contributed by atoms with van der Waals surface area (Å²) in [4.78, 5) is 22.1. The van der Waals surface area contributed by atoms with E-state index >= 15 is 0 Å². The number of carbonyl (C=O) groups is 2. The van der Waals surface area contributed by atoms with Gasteiger partial charge in [0.2, 0.25) is 0 Å². The lowest BCUT2D eigenvalue weighted by atomic mass is 10.2. The third-order valence-corrected chi connectivity index (χ3v) is 1.85. The SMILES string of the molecule is NC(=O)N1C[C@H](O)C[C@@H]1C(=O)O. The Morgan fingerprint density at radius 3 is 2.42 bits per heavy atom. The molecular formula is C6H10N2O4. The molecule has 0 aromatic carbocycles. The Bertz CT molecular complexity index is 196. The van der Waals surface area contributed by atoms with Crippen LogP contribution >= 0.6 is 0 Å². The first kappa shape index (κ1) is 8.79. The van der Waals surface area contributed by atoms with E-state index in [4.69, 9.17) is 15.9 Å². The predicted octanol–water partition coefficient (Wildman–Crippen LogP) is -1.42. The number of β-amino-alcohol motifs (C(OH)–C–C–N with tert-alkyl or cyclic N) is 1. The fourth-order valence-electron chi connectivity index (χ4n) is 1.29. The molecule has 4 N–H and O–H groups in total. The van der Waals surface area contributed by atoms with Crippen molar-refractivity contribution in [3.05, 3.63) is 0 Å². The quantitative estimate of drug-likeness (QED) is 0.454. The maximum Gasteiger partial charge on any atom is 0.326 e. The molecule has 1 saturated heterocycles. The van der Waals surface area contributed by atoms with Gasteiger partial charge in [-0.3, -0.25) is 0 Å². The highest BCUT2D eigenvalue weighted by molar-refractivity contribution is 5.82. The van der Waals surface area contributed by atoms with Gasteiger partial charge in [0, 0.05) is 13.0 Å². The molecule has 6 nitrogen and oxygen atoms in total. The average Bonchev–Trinajstić information content (AvgIpc) is 2.31. The van der Waals surface area contributed by atoms with E-state index in [1.165, 1.54) is 0 Å². The van der Waals surface area contributed by atoms with Crippen LogP contribution in [0.3, 0.4) is 0 Å². The molecule has 0 aromatic rings. The van der Waals surface area contributed by atoms with Crippen LogP contribution in [0.25, 0.3) is 0 Å². The number of carboxylic acids is 1. The number of hydrogen-bond donors (Lipinski definition) is 3. The van der Waals surface area contributed by atoms with Gasteiger partial charge in [0.25, 0.3) is 0 Å². The first-order valence-corrected chi connectivity index (χ1v) is 3.49. The second-order valence-corrected chi connectivity index (χ2v) is 2.73. The number of hydrogen-bond acceptors (Lipinski definition) is 3. The van der Waals surface area contributed by atoms with E-state index in [-0.39, 0.29) is 13.0 Å². The van der Waals surface area contributed by atoms with Crippen LogP contribution in [0.1, 0.15) is 6.42 Å². The number of primary amides is 1. The van der Waals surface area contributed by atoms with Gasteiger partial charge in [-0.25, -0.2) is 9.59 Å². The zero-order valence-corrected chi connectivity index (χ0v) is 6.30. The molecule has 2 atom stereocenters. The first-order chi connectivity index (χ1) is 5.52. The van der Waals surface area contributed by atoms with Crippen molar-refractivity contribution in [2.75, 3.05) is 6.54 Å². The summed E-state index contributed by atoms with van der Waals surface area (Å²) >= 11 is 0. The minimum atomic E-state index is -1.13. The van der Waals surface area contributed by atoms with Crippen molar-refractivity contribution in [3.63, 3.8) is 0 Å². The zero-order valence-electron chi connectivity index (χ0n) is 6.30. The summed E-state index contributed by atoms with van der Waals surface area (Å²) in [7, 11) is 0. The summed E-state index contributed by atoms with van der Waals surface area (Å²) in [5, 5.41) is 17.6. The van der Waals surface area contributed by atoms with Crippen LogP contribution < -0.4 is 5.73 Å². The smallest absolute Gasteiger partial charge is 0.326 e. The normalized spacial score (nSPS) is 28.9. The van der Waals surface area contributed by atoms with E-state index in [1.54, 1.807) is 0 Å². The monoisotopic (exact) mass is 174 g/mol. The van der Waals surface area contributed by atoms with Crippen molar-refractivity contribution >= 4 is 12.0 Å². The van der Waals surface area contributed by atoms with Gasteiger partial charge in [0.1, 0.15) is 6.04 Å². The molecule has 2 amide bonds. The Labute approximate surface area is 68.6 Å². The Balaban J connectivity index is 2.72. The minimum Gasteiger partial charge on any atom is -0.480 e. The van der Waals surface area contributed by atoms with E-state index in [0.717, 1.165) is 4.90 Å². The number of aliphatic hydroxyl groups excluding tert-OH is 1. The van der Waals surface area contributed by atoms with Gasteiger partial charge < -0.3 is 20.8 Å². The largest absolute Gasteiger partial charge is 0.480 e. The first-order valence-electron chi connectivity index (χ1n) is 3.49. The number of aliphatic hydroxyl groups is 1. The van der Waals surface area contributed by atoms with Crippen LogP contribution in [0.15, 0.2) is 0 Å². The number of aliphatic carboxylic acids is 1. The van der Waals surface area contributed by atoms with Crippen molar-refractivity contribution in [1.29, 1.82) is 0 Å². The second kappa shape index (κ2) is 2.98. The summed E-state index contributed by atoms with van der Waals surface area (Å²) in [6.07, 6.45) is -0.725. The van der Waals surface area contributed by atoms with Gasteiger partial charge in [-0.1, -0.05) is 0 Å². The Kier molecular flexibility index (Phi) is 2.18. The number of likely N-dealkylation sites (tertiary alicyclic amines) is 1. The van der Waals surface area contributed by atoms with Gasteiger partial charge >= 0.3 is 12.0 Å². The predicted molar refractivity (Wildman–Crippen MR) is 38.3 cm³/mol. The summed E-state index contributed by atoms with van der Waals surface area (Å²) in [6.45, 7) is 0.00625. The number of amides is 2.